The molecule has 0 unspecified atom stereocenters. The molecule has 0 amide bonds. The Labute approximate surface area is 113 Å². The molecule has 5 rings (SSSR count). The van der Waals surface area contributed by atoms with Gasteiger partial charge >= 0.3 is 5.97 Å². The van der Waals surface area contributed by atoms with E-state index in [4.69, 9.17) is 5.11 Å². The molecule has 1 heterocycles. The second kappa shape index (κ2) is 3.87. The third-order valence-electron chi connectivity index (χ3n) is 5.68. The maximum absolute atomic E-state index is 11.0. The molecule has 3 nitrogen and oxygen atoms in total. The zero-order chi connectivity index (χ0) is 13.0. The van der Waals surface area contributed by atoms with Gasteiger partial charge in [0.1, 0.15) is 0 Å². The van der Waals surface area contributed by atoms with Crippen molar-refractivity contribution in [1.29, 1.82) is 0 Å². The minimum atomic E-state index is -0.718. The van der Waals surface area contributed by atoms with E-state index in [1.165, 1.54) is 38.5 Å². The van der Waals surface area contributed by atoms with Crippen LogP contribution in [0.2, 0.25) is 0 Å². The summed E-state index contributed by atoms with van der Waals surface area (Å²) >= 11 is 0. The van der Waals surface area contributed by atoms with Gasteiger partial charge in [0.2, 0.25) is 0 Å². The summed E-state index contributed by atoms with van der Waals surface area (Å²) in [6, 6.07) is 4.02. The summed E-state index contributed by atoms with van der Waals surface area (Å²) in [5.41, 5.74) is 1.25. The minimum absolute atomic E-state index is 0.161. The number of hydrogen-bond acceptors (Lipinski definition) is 1. The number of hydrogen-bond donors (Lipinski definition) is 1. The number of aromatic nitrogens is 1. The number of carboxylic acid groups (broad SMARTS) is 1. The van der Waals surface area contributed by atoms with Crippen LogP contribution in [0.1, 0.15) is 44.2 Å². The molecule has 0 atom stereocenters. The van der Waals surface area contributed by atoms with Crippen molar-refractivity contribution >= 4 is 5.97 Å². The Balaban J connectivity index is 1.72. The van der Waals surface area contributed by atoms with E-state index in [0.717, 1.165) is 23.4 Å². The number of carbonyl (C=O) groups is 1. The van der Waals surface area contributed by atoms with E-state index in [-0.39, 0.29) is 12.0 Å². The molecule has 0 aromatic carbocycles. The van der Waals surface area contributed by atoms with Crippen LogP contribution in [0.15, 0.2) is 18.3 Å². The zero-order valence-electron chi connectivity index (χ0n) is 11.2. The summed E-state index contributed by atoms with van der Waals surface area (Å²) < 4.78 is 2.34. The second-order valence-corrected chi connectivity index (χ2v) is 7.08. The molecular weight excluding hydrogens is 238 g/mol. The molecule has 4 aliphatic carbocycles. The fraction of sp³-hybridized carbons (Fsp3) is 0.688. The van der Waals surface area contributed by atoms with E-state index in [2.05, 4.69) is 10.8 Å². The van der Waals surface area contributed by atoms with Crippen LogP contribution in [0.5, 0.6) is 0 Å². The van der Waals surface area contributed by atoms with Crippen LogP contribution in [-0.4, -0.2) is 15.6 Å². The summed E-state index contributed by atoms with van der Waals surface area (Å²) in [6.45, 7) is 0. The van der Waals surface area contributed by atoms with Crippen molar-refractivity contribution in [3.8, 4) is 0 Å². The van der Waals surface area contributed by atoms with Crippen molar-refractivity contribution in [2.45, 2.75) is 50.5 Å². The Bertz CT molecular complexity index is 481. The fourth-order valence-electron chi connectivity index (χ4n) is 5.54. The third kappa shape index (κ3) is 1.74. The minimum Gasteiger partial charge on any atom is -0.481 e. The van der Waals surface area contributed by atoms with Crippen LogP contribution in [0.4, 0.5) is 0 Å². The van der Waals surface area contributed by atoms with Gasteiger partial charge in [0.25, 0.3) is 0 Å². The van der Waals surface area contributed by atoms with Crippen LogP contribution in [0, 0.1) is 17.8 Å². The first kappa shape index (κ1) is 11.6. The van der Waals surface area contributed by atoms with E-state index in [1.54, 1.807) is 0 Å². The maximum atomic E-state index is 11.0. The van der Waals surface area contributed by atoms with Crippen molar-refractivity contribution in [2.75, 3.05) is 0 Å². The van der Waals surface area contributed by atoms with Crippen molar-refractivity contribution < 1.29 is 9.90 Å². The molecule has 3 heteroatoms. The third-order valence-corrected chi connectivity index (χ3v) is 5.68. The summed E-state index contributed by atoms with van der Waals surface area (Å²) in [4.78, 5) is 11.0. The molecule has 0 saturated heterocycles. The monoisotopic (exact) mass is 259 g/mol. The topological polar surface area (TPSA) is 42.2 Å². The lowest BCUT2D eigenvalue weighted by atomic mass is 9.53. The van der Waals surface area contributed by atoms with Gasteiger partial charge in [-0.15, -0.1) is 0 Å². The lowest BCUT2D eigenvalue weighted by Gasteiger charge is -2.57. The smallest absolute Gasteiger partial charge is 0.309 e. The molecule has 0 radical (unpaired) electrons. The molecule has 1 aromatic heterocycles. The number of carboxylic acids is 1. The average molecular weight is 259 g/mol. The van der Waals surface area contributed by atoms with Gasteiger partial charge in [-0.3, -0.25) is 4.79 Å². The average Bonchev–Trinajstić information content (AvgIpc) is 2.74. The van der Waals surface area contributed by atoms with Crippen LogP contribution in [0.3, 0.4) is 0 Å². The molecule has 102 valence electrons. The quantitative estimate of drug-likeness (QED) is 0.906. The fourth-order valence-corrected chi connectivity index (χ4v) is 5.54. The number of nitrogens with zero attached hydrogens (tertiary/aromatic N) is 1. The SMILES string of the molecule is O=C(O)Cc1cccn1C12CC3CC(CC(C3)C1)C2. The van der Waals surface area contributed by atoms with Crippen LogP contribution in [-0.2, 0) is 16.8 Å². The Hall–Kier alpha value is -1.25. The van der Waals surface area contributed by atoms with E-state index < -0.39 is 5.97 Å². The molecule has 0 spiro atoms. The van der Waals surface area contributed by atoms with Gasteiger partial charge in [-0.1, -0.05) is 0 Å². The summed E-state index contributed by atoms with van der Waals surface area (Å²) in [7, 11) is 0. The van der Waals surface area contributed by atoms with Crippen LogP contribution in [0.25, 0.3) is 0 Å². The zero-order valence-corrected chi connectivity index (χ0v) is 11.2. The standard InChI is InChI=1S/C16H21NO2/c18-15(19)7-14-2-1-3-17(14)16-8-11-4-12(9-16)6-13(5-11)10-16/h1-3,11-13H,4-10H2,(H,18,19). The van der Waals surface area contributed by atoms with Gasteiger partial charge in [0.05, 0.1) is 6.42 Å². The second-order valence-electron chi connectivity index (χ2n) is 7.08. The van der Waals surface area contributed by atoms with Crippen molar-refractivity contribution in [2.24, 2.45) is 17.8 Å². The summed E-state index contributed by atoms with van der Waals surface area (Å²) in [5, 5.41) is 9.08. The van der Waals surface area contributed by atoms with Crippen LogP contribution < -0.4 is 0 Å². The van der Waals surface area contributed by atoms with Gasteiger partial charge in [0.15, 0.2) is 0 Å². The van der Waals surface area contributed by atoms with Crippen molar-refractivity contribution in [3.63, 3.8) is 0 Å². The highest BCUT2D eigenvalue weighted by molar-refractivity contribution is 5.69. The van der Waals surface area contributed by atoms with E-state index in [0.29, 0.717) is 0 Å². The van der Waals surface area contributed by atoms with E-state index in [1.807, 2.05) is 12.1 Å². The van der Waals surface area contributed by atoms with E-state index >= 15 is 0 Å². The first-order valence-corrected chi connectivity index (χ1v) is 7.53. The van der Waals surface area contributed by atoms with Crippen LogP contribution >= 0.6 is 0 Å². The molecule has 19 heavy (non-hydrogen) atoms. The normalized spacial score (nSPS) is 39.7. The predicted molar refractivity (Wildman–Crippen MR) is 71.9 cm³/mol. The predicted octanol–water partition coefficient (Wildman–Crippen LogP) is 3.04. The summed E-state index contributed by atoms with van der Waals surface area (Å²) in [5.74, 6) is 1.97. The molecule has 4 saturated carbocycles. The highest BCUT2D eigenvalue weighted by Crippen LogP contribution is 2.59. The Morgan fingerprint density at radius 3 is 2.32 bits per heavy atom. The Kier molecular flexibility index (Phi) is 2.36. The first-order chi connectivity index (χ1) is 9.14. The van der Waals surface area contributed by atoms with Gasteiger partial charge in [-0.05, 0) is 68.4 Å². The largest absolute Gasteiger partial charge is 0.481 e. The van der Waals surface area contributed by atoms with Crippen molar-refractivity contribution in [3.05, 3.63) is 24.0 Å². The van der Waals surface area contributed by atoms with E-state index in [9.17, 15) is 4.79 Å². The molecule has 1 aromatic rings. The van der Waals surface area contributed by atoms with Gasteiger partial charge in [0, 0.05) is 17.4 Å². The molecule has 4 bridgehead atoms. The number of rotatable bonds is 3. The maximum Gasteiger partial charge on any atom is 0.309 e. The number of aliphatic carboxylic acids is 1. The highest BCUT2D eigenvalue weighted by atomic mass is 16.4. The van der Waals surface area contributed by atoms with Gasteiger partial charge < -0.3 is 9.67 Å². The lowest BCUT2D eigenvalue weighted by Crippen LogP contribution is -2.52. The van der Waals surface area contributed by atoms with Gasteiger partial charge in [-0.2, -0.15) is 0 Å². The first-order valence-electron chi connectivity index (χ1n) is 7.53. The summed E-state index contributed by atoms with van der Waals surface area (Å²) in [6.07, 6.45) is 10.4. The molecule has 4 fully saturated rings. The molecular formula is C16H21NO2. The molecule has 4 aliphatic rings. The molecule has 1 N–H and O–H groups in total. The van der Waals surface area contributed by atoms with Crippen molar-refractivity contribution in [1.82, 2.24) is 4.57 Å². The lowest BCUT2D eigenvalue weighted by molar-refractivity contribution is -0.136. The Morgan fingerprint density at radius 2 is 1.79 bits per heavy atom. The van der Waals surface area contributed by atoms with Gasteiger partial charge in [-0.25, -0.2) is 0 Å². The Morgan fingerprint density at radius 1 is 1.21 bits per heavy atom. The molecule has 0 aliphatic heterocycles. The highest BCUT2D eigenvalue weighted by Gasteiger charge is 2.52.